The summed E-state index contributed by atoms with van der Waals surface area (Å²) in [4.78, 5) is 29.3. The number of nitrogens with zero attached hydrogens (tertiary/aromatic N) is 2. The van der Waals surface area contributed by atoms with E-state index in [1.165, 1.54) is 7.11 Å². The van der Waals surface area contributed by atoms with Crippen LogP contribution in [0.3, 0.4) is 0 Å². The van der Waals surface area contributed by atoms with Crippen molar-refractivity contribution in [3.8, 4) is 0 Å². The number of hydrogen-bond acceptors (Lipinski definition) is 5. The number of methoxy groups -OCH3 is 1. The molecule has 1 saturated heterocycles. The number of piperazine rings is 1. The molecule has 0 radical (unpaired) electrons. The molecule has 1 aromatic heterocycles. The SMILES string of the molecule is COCC(=O)Nc1c(C(=O)N2CCN(c3ccccc3)CC2)oc2ccccc12. The molecule has 2 amide bonds. The summed E-state index contributed by atoms with van der Waals surface area (Å²) in [7, 11) is 1.45. The largest absolute Gasteiger partial charge is 0.449 e. The minimum Gasteiger partial charge on any atom is -0.449 e. The molecule has 150 valence electrons. The molecule has 1 N–H and O–H groups in total. The highest BCUT2D eigenvalue weighted by Gasteiger charge is 2.29. The molecule has 1 aliphatic rings. The van der Waals surface area contributed by atoms with Gasteiger partial charge in [-0.3, -0.25) is 9.59 Å². The second-order valence-corrected chi connectivity index (χ2v) is 6.90. The number of nitrogens with one attached hydrogen (secondary N) is 1. The zero-order valence-electron chi connectivity index (χ0n) is 16.3. The van der Waals surface area contributed by atoms with Gasteiger partial charge in [0.1, 0.15) is 17.9 Å². The third-order valence-electron chi connectivity index (χ3n) is 5.02. The Kier molecular flexibility index (Phi) is 5.48. The Morgan fingerprint density at radius 2 is 1.69 bits per heavy atom. The molecule has 2 aromatic carbocycles. The van der Waals surface area contributed by atoms with Crippen LogP contribution in [0.4, 0.5) is 11.4 Å². The van der Waals surface area contributed by atoms with E-state index in [1.807, 2.05) is 36.4 Å². The van der Waals surface area contributed by atoms with Crippen LogP contribution in [-0.2, 0) is 9.53 Å². The maximum absolute atomic E-state index is 13.2. The van der Waals surface area contributed by atoms with Crippen molar-refractivity contribution >= 4 is 34.2 Å². The summed E-state index contributed by atoms with van der Waals surface area (Å²) in [6.45, 7) is 2.54. The Balaban J connectivity index is 1.55. The van der Waals surface area contributed by atoms with E-state index in [9.17, 15) is 9.59 Å². The van der Waals surface area contributed by atoms with Crippen LogP contribution in [0, 0.1) is 0 Å². The molecular weight excluding hydrogens is 370 g/mol. The fourth-order valence-electron chi connectivity index (χ4n) is 3.58. The van der Waals surface area contributed by atoms with Gasteiger partial charge in [-0.25, -0.2) is 0 Å². The van der Waals surface area contributed by atoms with Gasteiger partial charge in [0.05, 0.1) is 0 Å². The lowest BCUT2D eigenvalue weighted by Gasteiger charge is -2.35. The number of benzene rings is 2. The zero-order chi connectivity index (χ0) is 20.2. The highest BCUT2D eigenvalue weighted by atomic mass is 16.5. The van der Waals surface area contributed by atoms with Crippen LogP contribution in [0.15, 0.2) is 59.0 Å². The summed E-state index contributed by atoms with van der Waals surface area (Å²) >= 11 is 0. The number of para-hydroxylation sites is 2. The number of furan rings is 1. The van der Waals surface area contributed by atoms with E-state index >= 15 is 0 Å². The molecule has 0 atom stereocenters. The number of rotatable bonds is 5. The van der Waals surface area contributed by atoms with E-state index in [-0.39, 0.29) is 24.2 Å². The van der Waals surface area contributed by atoms with Crippen LogP contribution in [0.1, 0.15) is 10.6 Å². The number of ether oxygens (including phenoxy) is 1. The van der Waals surface area contributed by atoms with Crippen molar-refractivity contribution in [1.29, 1.82) is 0 Å². The molecule has 4 rings (SSSR count). The van der Waals surface area contributed by atoms with Crippen molar-refractivity contribution in [3.05, 3.63) is 60.4 Å². The fraction of sp³-hybridized carbons (Fsp3) is 0.273. The normalized spacial score (nSPS) is 14.2. The van der Waals surface area contributed by atoms with Crippen molar-refractivity contribution in [2.24, 2.45) is 0 Å². The third kappa shape index (κ3) is 3.95. The summed E-state index contributed by atoms with van der Waals surface area (Å²) in [5.74, 6) is -0.396. The van der Waals surface area contributed by atoms with Gasteiger partial charge in [-0.15, -0.1) is 0 Å². The average Bonchev–Trinajstić information content (AvgIpc) is 3.12. The first kappa shape index (κ1) is 19.0. The van der Waals surface area contributed by atoms with Crippen LogP contribution >= 0.6 is 0 Å². The Labute approximate surface area is 168 Å². The molecule has 3 aromatic rings. The number of amides is 2. The number of fused-ring (bicyclic) bond motifs is 1. The van der Waals surface area contributed by atoms with E-state index in [2.05, 4.69) is 22.3 Å². The molecule has 1 aliphatic heterocycles. The fourth-order valence-corrected chi connectivity index (χ4v) is 3.58. The van der Waals surface area contributed by atoms with Gasteiger partial charge >= 0.3 is 0 Å². The standard InChI is InChI=1S/C22H23N3O4/c1-28-15-19(26)23-20-17-9-5-6-10-18(17)29-21(20)22(27)25-13-11-24(12-14-25)16-7-3-2-4-8-16/h2-10H,11-15H2,1H3,(H,23,26). The molecular formula is C22H23N3O4. The van der Waals surface area contributed by atoms with Crippen LogP contribution in [0.25, 0.3) is 11.0 Å². The van der Waals surface area contributed by atoms with E-state index in [0.29, 0.717) is 29.7 Å². The van der Waals surface area contributed by atoms with Gasteiger partial charge in [0.25, 0.3) is 5.91 Å². The summed E-state index contributed by atoms with van der Waals surface area (Å²) in [5.41, 5.74) is 2.11. The van der Waals surface area contributed by atoms with Gasteiger partial charge in [0, 0.05) is 44.4 Å². The van der Waals surface area contributed by atoms with E-state index < -0.39 is 0 Å². The minimum atomic E-state index is -0.331. The average molecular weight is 393 g/mol. The van der Waals surface area contributed by atoms with E-state index in [4.69, 9.17) is 9.15 Å². The Bertz CT molecular complexity index is 1010. The Hall–Kier alpha value is -3.32. The molecule has 0 bridgehead atoms. The zero-order valence-corrected chi connectivity index (χ0v) is 16.3. The maximum atomic E-state index is 13.2. The first-order valence-electron chi connectivity index (χ1n) is 9.57. The molecule has 2 heterocycles. The maximum Gasteiger partial charge on any atom is 0.291 e. The smallest absolute Gasteiger partial charge is 0.291 e. The summed E-state index contributed by atoms with van der Waals surface area (Å²) in [6.07, 6.45) is 0. The monoisotopic (exact) mass is 393 g/mol. The molecule has 29 heavy (non-hydrogen) atoms. The Morgan fingerprint density at radius 1 is 1.00 bits per heavy atom. The second-order valence-electron chi connectivity index (χ2n) is 6.90. The molecule has 7 nitrogen and oxygen atoms in total. The summed E-state index contributed by atoms with van der Waals surface area (Å²) < 4.78 is 10.7. The Morgan fingerprint density at radius 3 is 2.41 bits per heavy atom. The van der Waals surface area contributed by atoms with Gasteiger partial charge in [0.15, 0.2) is 0 Å². The topological polar surface area (TPSA) is 75.0 Å². The minimum absolute atomic E-state index is 0.0944. The third-order valence-corrected chi connectivity index (χ3v) is 5.02. The quantitative estimate of drug-likeness (QED) is 0.721. The van der Waals surface area contributed by atoms with Gasteiger partial charge in [-0.05, 0) is 24.3 Å². The van der Waals surface area contributed by atoms with Gasteiger partial charge in [-0.1, -0.05) is 30.3 Å². The van der Waals surface area contributed by atoms with Gasteiger partial charge in [0.2, 0.25) is 11.7 Å². The van der Waals surface area contributed by atoms with E-state index in [1.54, 1.807) is 11.0 Å². The van der Waals surface area contributed by atoms with Crippen LogP contribution < -0.4 is 10.2 Å². The highest BCUT2D eigenvalue weighted by molar-refractivity contribution is 6.11. The lowest BCUT2D eigenvalue weighted by Crippen LogP contribution is -2.48. The van der Waals surface area contributed by atoms with Crippen molar-refractivity contribution < 1.29 is 18.7 Å². The van der Waals surface area contributed by atoms with Crippen molar-refractivity contribution in [3.63, 3.8) is 0 Å². The summed E-state index contributed by atoms with van der Waals surface area (Å²) in [6, 6.07) is 17.4. The first-order valence-corrected chi connectivity index (χ1v) is 9.57. The molecule has 0 unspecified atom stereocenters. The first-order chi connectivity index (χ1) is 14.2. The summed E-state index contributed by atoms with van der Waals surface area (Å²) in [5, 5.41) is 3.47. The van der Waals surface area contributed by atoms with Gasteiger partial charge in [-0.2, -0.15) is 0 Å². The van der Waals surface area contributed by atoms with Crippen LogP contribution in [-0.4, -0.2) is 56.6 Å². The number of anilines is 2. The molecule has 1 fully saturated rings. The van der Waals surface area contributed by atoms with Crippen molar-refractivity contribution in [1.82, 2.24) is 4.90 Å². The van der Waals surface area contributed by atoms with Crippen molar-refractivity contribution in [2.45, 2.75) is 0 Å². The predicted molar refractivity (Wildman–Crippen MR) is 111 cm³/mol. The predicted octanol–water partition coefficient (Wildman–Crippen LogP) is 2.98. The lowest BCUT2D eigenvalue weighted by atomic mass is 10.2. The molecule has 7 heteroatoms. The van der Waals surface area contributed by atoms with Gasteiger partial charge < -0.3 is 24.3 Å². The molecule has 0 aliphatic carbocycles. The second kappa shape index (κ2) is 8.36. The van der Waals surface area contributed by atoms with Crippen molar-refractivity contribution in [2.75, 3.05) is 50.1 Å². The lowest BCUT2D eigenvalue weighted by molar-refractivity contribution is -0.119. The number of carbonyl (C=O) groups excluding carboxylic acids is 2. The molecule has 0 saturated carbocycles. The highest BCUT2D eigenvalue weighted by Crippen LogP contribution is 2.32. The number of carbonyl (C=O) groups is 2. The van der Waals surface area contributed by atoms with Crippen LogP contribution in [0.5, 0.6) is 0 Å². The van der Waals surface area contributed by atoms with Crippen LogP contribution in [0.2, 0.25) is 0 Å². The van der Waals surface area contributed by atoms with E-state index in [0.717, 1.165) is 18.8 Å². The molecule has 0 spiro atoms. The number of hydrogen-bond donors (Lipinski definition) is 1.